The van der Waals surface area contributed by atoms with Crippen LogP contribution in [0.3, 0.4) is 0 Å². The average Bonchev–Trinajstić information content (AvgIpc) is 3.70. The molecule has 1 saturated carbocycles. The Hall–Kier alpha value is -3.25. The number of aliphatic hydroxyl groups excluding tert-OH is 1. The van der Waals surface area contributed by atoms with Crippen LogP contribution in [0.5, 0.6) is 11.5 Å². The van der Waals surface area contributed by atoms with Crippen molar-refractivity contribution in [3.63, 3.8) is 0 Å². The van der Waals surface area contributed by atoms with Gasteiger partial charge in [0.1, 0.15) is 42.9 Å². The molecule has 3 aromatic carbocycles. The summed E-state index contributed by atoms with van der Waals surface area (Å²) in [6.07, 6.45) is 6.14. The molecule has 10 heteroatoms. The van der Waals surface area contributed by atoms with Crippen LogP contribution in [0.15, 0.2) is 83.7 Å². The Bertz CT molecular complexity index is 1790. The molecule has 4 aromatic rings. The summed E-state index contributed by atoms with van der Waals surface area (Å²) in [6, 6.07) is 24.5. The summed E-state index contributed by atoms with van der Waals surface area (Å²) in [5.41, 5.74) is 1.80. The number of rotatable bonds is 14. The van der Waals surface area contributed by atoms with Gasteiger partial charge in [0.15, 0.2) is 0 Å². The number of quaternary nitrogens is 1. The molecule has 274 valence electrons. The van der Waals surface area contributed by atoms with Crippen LogP contribution in [-0.4, -0.2) is 76.8 Å². The van der Waals surface area contributed by atoms with Crippen molar-refractivity contribution in [2.24, 2.45) is 11.8 Å². The molecule has 1 aliphatic carbocycles. The predicted octanol–water partition coefficient (Wildman–Crippen LogP) is 2.70. The number of fused-ring (bicyclic) bond motifs is 4. The minimum Gasteiger partial charge on any atom is -1.00 e. The van der Waals surface area contributed by atoms with Gasteiger partial charge in [-0.05, 0) is 66.6 Å². The molecule has 3 saturated heterocycles. The Balaban J connectivity index is 0.00000448. The van der Waals surface area contributed by atoms with E-state index in [2.05, 4.69) is 41.5 Å². The minimum absolute atomic E-state index is 0. The van der Waals surface area contributed by atoms with Crippen LogP contribution >= 0.6 is 0 Å². The molecule has 8 rings (SSSR count). The number of aromatic hydroxyl groups is 1. The molecule has 5 N–H and O–H groups in total. The standard InChI is InChI=1S/C41H51N3O6.BrH/c1-28(42-25-37(46)34-15-17-36(45)40-35(34)16-18-39(47)43-40)29-11-13-33(14-12-29)49-24-23-44-21-19-30(20-22-44)38(26-44)50-27-41(48,32-9-5-6-10-32)31-7-3-2-4-8-31;/h2-4,7-8,11-18,28,30,32,37-38,42,46,48H,5-6,9-10,19-27H2,1H3,(H-,43,45,47);1H/t28?,30?,37-,38-,41+,44?;/m0./s1. The summed E-state index contributed by atoms with van der Waals surface area (Å²) in [5.74, 6) is 1.63. The molecule has 4 fully saturated rings. The minimum atomic E-state index is -0.930. The summed E-state index contributed by atoms with van der Waals surface area (Å²) >= 11 is 0. The summed E-state index contributed by atoms with van der Waals surface area (Å²) in [4.78, 5) is 14.4. The van der Waals surface area contributed by atoms with Crippen molar-refractivity contribution in [1.82, 2.24) is 10.3 Å². The van der Waals surface area contributed by atoms with Crippen molar-refractivity contribution in [3.05, 3.63) is 106 Å². The molecule has 4 atom stereocenters. The maximum absolute atomic E-state index is 12.0. The van der Waals surface area contributed by atoms with E-state index in [4.69, 9.17) is 9.47 Å². The number of aromatic nitrogens is 1. The molecule has 2 bridgehead atoms. The monoisotopic (exact) mass is 761 g/mol. The zero-order valence-electron chi connectivity index (χ0n) is 29.5. The van der Waals surface area contributed by atoms with Crippen molar-refractivity contribution in [3.8, 4) is 11.5 Å². The highest BCUT2D eigenvalue weighted by atomic mass is 79.9. The topological polar surface area (TPSA) is 124 Å². The van der Waals surface area contributed by atoms with E-state index in [1.54, 1.807) is 12.1 Å². The van der Waals surface area contributed by atoms with Crippen LogP contribution in [0.1, 0.15) is 74.3 Å². The summed E-state index contributed by atoms with van der Waals surface area (Å²) in [6.45, 7) is 7.60. The first-order valence-electron chi connectivity index (χ1n) is 18.5. The van der Waals surface area contributed by atoms with Gasteiger partial charge in [0, 0.05) is 42.8 Å². The highest BCUT2D eigenvalue weighted by Gasteiger charge is 2.48. The quantitative estimate of drug-likeness (QED) is 0.125. The second-order valence-corrected chi connectivity index (χ2v) is 15.0. The van der Waals surface area contributed by atoms with Gasteiger partial charge in [-0.3, -0.25) is 4.79 Å². The van der Waals surface area contributed by atoms with E-state index in [0.29, 0.717) is 42.1 Å². The Morgan fingerprint density at radius 1 is 0.961 bits per heavy atom. The van der Waals surface area contributed by atoms with Gasteiger partial charge in [-0.1, -0.05) is 61.4 Å². The Morgan fingerprint density at radius 3 is 2.41 bits per heavy atom. The maximum atomic E-state index is 12.0. The molecule has 1 aromatic heterocycles. The first kappa shape index (κ1) is 37.5. The molecule has 4 aliphatic rings. The van der Waals surface area contributed by atoms with Crippen LogP contribution < -0.4 is 32.6 Å². The first-order chi connectivity index (χ1) is 24.2. The number of ether oxygens (including phenoxy) is 2. The van der Waals surface area contributed by atoms with Gasteiger partial charge in [0.25, 0.3) is 0 Å². The fourth-order valence-corrected chi connectivity index (χ4v) is 8.80. The van der Waals surface area contributed by atoms with Crippen molar-refractivity contribution >= 4 is 10.9 Å². The van der Waals surface area contributed by atoms with Gasteiger partial charge in [-0.15, -0.1) is 0 Å². The number of hydrogen-bond acceptors (Lipinski definition) is 7. The van der Waals surface area contributed by atoms with Crippen LogP contribution in [0, 0.1) is 11.8 Å². The van der Waals surface area contributed by atoms with Crippen LogP contribution in [-0.2, 0) is 10.3 Å². The van der Waals surface area contributed by atoms with Gasteiger partial charge >= 0.3 is 0 Å². The van der Waals surface area contributed by atoms with E-state index in [-0.39, 0.29) is 46.4 Å². The highest BCUT2D eigenvalue weighted by Crippen LogP contribution is 2.42. The molecule has 3 aliphatic heterocycles. The van der Waals surface area contributed by atoms with Gasteiger partial charge in [0.05, 0.1) is 31.3 Å². The Labute approximate surface area is 311 Å². The van der Waals surface area contributed by atoms with Gasteiger partial charge in [-0.2, -0.15) is 0 Å². The van der Waals surface area contributed by atoms with E-state index in [1.165, 1.54) is 25.0 Å². The summed E-state index contributed by atoms with van der Waals surface area (Å²) < 4.78 is 14.0. The number of phenols is 1. The summed E-state index contributed by atoms with van der Waals surface area (Å²) in [5, 5.41) is 37.2. The van der Waals surface area contributed by atoms with Crippen molar-refractivity contribution in [2.45, 2.75) is 69.3 Å². The van der Waals surface area contributed by atoms with Crippen molar-refractivity contribution < 1.29 is 46.3 Å². The van der Waals surface area contributed by atoms with Crippen molar-refractivity contribution in [2.75, 3.05) is 45.9 Å². The molecular formula is C41H52BrN3O6. The molecule has 0 radical (unpaired) electrons. The molecule has 1 unspecified atom stereocenters. The number of benzene rings is 3. The molecule has 4 heterocycles. The average molecular weight is 763 g/mol. The number of pyridine rings is 1. The van der Waals surface area contributed by atoms with E-state index in [0.717, 1.165) is 73.2 Å². The fourth-order valence-electron chi connectivity index (χ4n) is 8.80. The Morgan fingerprint density at radius 2 is 1.69 bits per heavy atom. The van der Waals surface area contributed by atoms with Crippen LogP contribution in [0.2, 0.25) is 0 Å². The third-order valence-corrected chi connectivity index (χ3v) is 12.0. The third kappa shape index (κ3) is 8.22. The number of halogens is 1. The second kappa shape index (κ2) is 16.2. The number of hydrogen-bond donors (Lipinski definition) is 5. The lowest BCUT2D eigenvalue weighted by atomic mass is 9.80. The molecular weight excluding hydrogens is 710 g/mol. The highest BCUT2D eigenvalue weighted by molar-refractivity contribution is 5.87. The molecule has 51 heavy (non-hydrogen) atoms. The lowest BCUT2D eigenvalue weighted by Crippen LogP contribution is -3.00. The van der Waals surface area contributed by atoms with Gasteiger partial charge in [0.2, 0.25) is 5.56 Å². The number of aliphatic hydroxyl groups is 2. The third-order valence-electron chi connectivity index (χ3n) is 12.0. The van der Waals surface area contributed by atoms with E-state index in [9.17, 15) is 20.1 Å². The number of phenolic OH excluding ortho intramolecular Hbond substituents is 1. The smallest absolute Gasteiger partial charge is 0.248 e. The van der Waals surface area contributed by atoms with Gasteiger partial charge in [-0.25, -0.2) is 0 Å². The van der Waals surface area contributed by atoms with Gasteiger partial charge < -0.3 is 56.6 Å². The lowest BCUT2D eigenvalue weighted by Gasteiger charge is -2.52. The van der Waals surface area contributed by atoms with E-state index >= 15 is 0 Å². The Kier molecular flexibility index (Phi) is 11.9. The first-order valence-corrected chi connectivity index (χ1v) is 18.5. The number of nitrogens with one attached hydrogen (secondary N) is 2. The summed E-state index contributed by atoms with van der Waals surface area (Å²) in [7, 11) is 0. The second-order valence-electron chi connectivity index (χ2n) is 15.0. The molecule has 0 amide bonds. The van der Waals surface area contributed by atoms with Crippen LogP contribution in [0.25, 0.3) is 10.9 Å². The largest absolute Gasteiger partial charge is 1.00 e. The van der Waals surface area contributed by atoms with Crippen LogP contribution in [0.4, 0.5) is 0 Å². The number of H-pyrrole nitrogens is 1. The van der Waals surface area contributed by atoms with E-state index < -0.39 is 11.7 Å². The van der Waals surface area contributed by atoms with Crippen molar-refractivity contribution in [1.29, 1.82) is 0 Å². The zero-order valence-corrected chi connectivity index (χ0v) is 31.1. The predicted molar refractivity (Wildman–Crippen MR) is 194 cm³/mol. The molecule has 0 spiro atoms. The fraction of sp³-hybridized carbons (Fsp3) is 0.488. The maximum Gasteiger partial charge on any atom is 0.248 e. The SMILES string of the molecule is CC(NC[C@H](O)c1ccc(O)c2[nH]c(=O)ccc12)c1ccc(OCC[N+]23CCC(CC2)[C@@H](OC[C@@](O)(c2ccccc2)C2CCCC2)C3)cc1.[Br-]. The number of aromatic amines is 1. The zero-order chi connectivity index (χ0) is 34.7. The number of piperidine rings is 3. The van der Waals surface area contributed by atoms with E-state index in [1.807, 2.05) is 30.3 Å². The normalized spacial score (nSPS) is 24.1. The lowest BCUT2D eigenvalue weighted by molar-refractivity contribution is -0.946. The molecule has 9 nitrogen and oxygen atoms in total. The number of nitrogens with zero attached hydrogens (tertiary/aromatic N) is 1.